The molecule has 1 amide bonds. The van der Waals surface area contributed by atoms with Gasteiger partial charge in [-0.15, -0.1) is 0 Å². The minimum atomic E-state index is -1.12. The van der Waals surface area contributed by atoms with Gasteiger partial charge in [0.05, 0.1) is 11.8 Å². The highest BCUT2D eigenvalue weighted by Crippen LogP contribution is 2.14. The lowest BCUT2D eigenvalue weighted by Crippen LogP contribution is -2.16. The fourth-order valence-electron chi connectivity index (χ4n) is 1.67. The summed E-state index contributed by atoms with van der Waals surface area (Å²) in [6.07, 6.45) is 3.69. The van der Waals surface area contributed by atoms with E-state index in [4.69, 9.17) is 5.11 Å². The first-order chi connectivity index (χ1) is 9.97. The maximum absolute atomic E-state index is 13.7. The van der Waals surface area contributed by atoms with Crippen LogP contribution in [0.2, 0.25) is 0 Å². The molecule has 1 aromatic carbocycles. The third-order valence-electron chi connectivity index (χ3n) is 2.72. The second-order valence-electron chi connectivity index (χ2n) is 4.21. The highest BCUT2D eigenvalue weighted by molar-refractivity contribution is 6.04. The van der Waals surface area contributed by atoms with Crippen LogP contribution in [0.25, 0.3) is 6.08 Å². The summed E-state index contributed by atoms with van der Waals surface area (Å²) in [6, 6.07) is 5.35. The second kappa shape index (κ2) is 6.00. The fraction of sp³-hybridized carbons (Fsp3) is 0.0714. The first kappa shape index (κ1) is 14.4. The zero-order valence-electron chi connectivity index (χ0n) is 11.1. The van der Waals surface area contributed by atoms with E-state index in [1.807, 2.05) is 0 Å². The van der Waals surface area contributed by atoms with E-state index in [-0.39, 0.29) is 5.56 Å². The molecule has 0 aliphatic rings. The Morgan fingerprint density at radius 1 is 1.38 bits per heavy atom. The number of nitrogens with one attached hydrogen (secondary N) is 1. The van der Waals surface area contributed by atoms with Gasteiger partial charge in [-0.2, -0.15) is 5.10 Å². The molecule has 7 heteroatoms. The van der Waals surface area contributed by atoms with Crippen LogP contribution in [0, 0.1) is 5.82 Å². The Morgan fingerprint density at radius 3 is 2.76 bits per heavy atom. The van der Waals surface area contributed by atoms with Gasteiger partial charge in [-0.05, 0) is 23.8 Å². The van der Waals surface area contributed by atoms with Crippen molar-refractivity contribution in [3.63, 3.8) is 0 Å². The van der Waals surface area contributed by atoms with E-state index in [9.17, 15) is 14.0 Å². The van der Waals surface area contributed by atoms with Gasteiger partial charge >= 0.3 is 5.97 Å². The van der Waals surface area contributed by atoms with Crippen LogP contribution in [-0.4, -0.2) is 26.8 Å². The number of carboxylic acid groups (broad SMARTS) is 1. The molecule has 0 unspecified atom stereocenters. The zero-order chi connectivity index (χ0) is 15.4. The topological polar surface area (TPSA) is 84.2 Å². The molecule has 0 bridgehead atoms. The Hall–Kier alpha value is -2.96. The molecule has 108 valence electrons. The smallest absolute Gasteiger partial charge is 0.328 e. The average molecular weight is 289 g/mol. The van der Waals surface area contributed by atoms with E-state index < -0.39 is 17.7 Å². The van der Waals surface area contributed by atoms with Crippen LogP contribution in [0.5, 0.6) is 0 Å². The van der Waals surface area contributed by atoms with Crippen molar-refractivity contribution in [3.05, 3.63) is 53.5 Å². The van der Waals surface area contributed by atoms with Crippen molar-refractivity contribution in [2.75, 3.05) is 5.32 Å². The SMILES string of the molecule is Cn1nccc1NC(=O)c1cc(C=CC(=O)O)ccc1F. The molecule has 0 aliphatic heterocycles. The van der Waals surface area contributed by atoms with Crippen molar-refractivity contribution in [3.8, 4) is 0 Å². The number of rotatable bonds is 4. The Balaban J connectivity index is 2.26. The maximum Gasteiger partial charge on any atom is 0.328 e. The molecule has 0 aliphatic carbocycles. The number of anilines is 1. The Morgan fingerprint density at radius 2 is 2.14 bits per heavy atom. The zero-order valence-corrected chi connectivity index (χ0v) is 11.1. The number of nitrogens with zero attached hydrogens (tertiary/aromatic N) is 2. The third kappa shape index (κ3) is 3.53. The fourth-order valence-corrected chi connectivity index (χ4v) is 1.67. The number of halogens is 1. The van der Waals surface area contributed by atoms with Gasteiger partial charge in [-0.3, -0.25) is 9.48 Å². The summed E-state index contributed by atoms with van der Waals surface area (Å²) in [5.74, 6) is -2.03. The van der Waals surface area contributed by atoms with Crippen molar-refractivity contribution in [2.24, 2.45) is 7.05 Å². The molecule has 2 rings (SSSR count). The van der Waals surface area contributed by atoms with Gasteiger partial charge in [0.2, 0.25) is 0 Å². The van der Waals surface area contributed by atoms with E-state index in [0.717, 1.165) is 12.1 Å². The first-order valence-corrected chi connectivity index (χ1v) is 5.97. The number of amides is 1. The summed E-state index contributed by atoms with van der Waals surface area (Å²) in [5, 5.41) is 15.0. The molecular formula is C14H12FN3O3. The van der Waals surface area contributed by atoms with Crippen LogP contribution < -0.4 is 5.32 Å². The van der Waals surface area contributed by atoms with E-state index in [2.05, 4.69) is 10.4 Å². The minimum Gasteiger partial charge on any atom is -0.478 e. The summed E-state index contributed by atoms with van der Waals surface area (Å²) in [7, 11) is 1.64. The number of carbonyl (C=O) groups excluding carboxylic acids is 1. The summed E-state index contributed by atoms with van der Waals surface area (Å²) < 4.78 is 15.2. The molecule has 0 atom stereocenters. The Labute approximate surface area is 119 Å². The molecule has 2 N–H and O–H groups in total. The van der Waals surface area contributed by atoms with E-state index in [1.165, 1.54) is 29.1 Å². The van der Waals surface area contributed by atoms with Gasteiger partial charge < -0.3 is 10.4 Å². The van der Waals surface area contributed by atoms with Crippen molar-refractivity contribution in [1.29, 1.82) is 0 Å². The lowest BCUT2D eigenvalue weighted by molar-refractivity contribution is -0.131. The van der Waals surface area contributed by atoms with Crippen LogP contribution in [-0.2, 0) is 11.8 Å². The number of aromatic nitrogens is 2. The number of hydrogen-bond donors (Lipinski definition) is 2. The number of aliphatic carboxylic acids is 1. The van der Waals surface area contributed by atoms with Gasteiger partial charge in [-0.1, -0.05) is 6.07 Å². The van der Waals surface area contributed by atoms with Crippen LogP contribution in [0.1, 0.15) is 15.9 Å². The highest BCUT2D eigenvalue weighted by atomic mass is 19.1. The summed E-state index contributed by atoms with van der Waals surface area (Å²) in [5.41, 5.74) is 0.234. The van der Waals surface area contributed by atoms with Gasteiger partial charge in [0.25, 0.3) is 5.91 Å². The Kier molecular flexibility index (Phi) is 4.13. The molecule has 1 aromatic heterocycles. The molecule has 0 saturated carbocycles. The molecule has 0 saturated heterocycles. The summed E-state index contributed by atoms with van der Waals surface area (Å²) in [6.45, 7) is 0. The van der Waals surface area contributed by atoms with Crippen molar-refractivity contribution >= 4 is 23.8 Å². The van der Waals surface area contributed by atoms with E-state index in [0.29, 0.717) is 11.4 Å². The largest absolute Gasteiger partial charge is 0.478 e. The Bertz CT molecular complexity index is 722. The van der Waals surface area contributed by atoms with Gasteiger partial charge in [-0.25, -0.2) is 9.18 Å². The van der Waals surface area contributed by atoms with Crippen LogP contribution in [0.4, 0.5) is 10.2 Å². The maximum atomic E-state index is 13.7. The monoisotopic (exact) mass is 289 g/mol. The molecule has 0 spiro atoms. The lowest BCUT2D eigenvalue weighted by atomic mass is 10.1. The van der Waals surface area contributed by atoms with Crippen molar-refractivity contribution < 1.29 is 19.1 Å². The summed E-state index contributed by atoms with van der Waals surface area (Å²) in [4.78, 5) is 22.5. The molecule has 6 nitrogen and oxygen atoms in total. The predicted octanol–water partition coefficient (Wildman–Crippen LogP) is 1.91. The number of aryl methyl sites for hydroxylation is 1. The molecule has 0 fully saturated rings. The molecule has 2 aromatic rings. The van der Waals surface area contributed by atoms with E-state index >= 15 is 0 Å². The number of carboxylic acids is 1. The van der Waals surface area contributed by atoms with Crippen molar-refractivity contribution in [2.45, 2.75) is 0 Å². The normalized spacial score (nSPS) is 10.8. The number of carbonyl (C=O) groups is 2. The minimum absolute atomic E-state index is 0.177. The first-order valence-electron chi connectivity index (χ1n) is 5.97. The number of benzene rings is 1. The van der Waals surface area contributed by atoms with Crippen molar-refractivity contribution in [1.82, 2.24) is 9.78 Å². The highest BCUT2D eigenvalue weighted by Gasteiger charge is 2.13. The molecule has 0 radical (unpaired) electrons. The van der Waals surface area contributed by atoms with Crippen LogP contribution in [0.15, 0.2) is 36.5 Å². The molecular weight excluding hydrogens is 277 g/mol. The van der Waals surface area contributed by atoms with Crippen LogP contribution in [0.3, 0.4) is 0 Å². The van der Waals surface area contributed by atoms with E-state index in [1.54, 1.807) is 13.1 Å². The summed E-state index contributed by atoms with van der Waals surface area (Å²) >= 11 is 0. The lowest BCUT2D eigenvalue weighted by Gasteiger charge is -2.07. The van der Waals surface area contributed by atoms with Crippen LogP contribution >= 0.6 is 0 Å². The molecule has 21 heavy (non-hydrogen) atoms. The number of hydrogen-bond acceptors (Lipinski definition) is 3. The average Bonchev–Trinajstić information content (AvgIpc) is 2.83. The molecule has 1 heterocycles. The second-order valence-corrected chi connectivity index (χ2v) is 4.21. The quantitative estimate of drug-likeness (QED) is 0.842. The predicted molar refractivity (Wildman–Crippen MR) is 74.2 cm³/mol. The third-order valence-corrected chi connectivity index (χ3v) is 2.72. The van der Waals surface area contributed by atoms with Gasteiger partial charge in [0, 0.05) is 19.2 Å². The van der Waals surface area contributed by atoms with Gasteiger partial charge in [0.15, 0.2) is 0 Å². The standard InChI is InChI=1S/C14H12FN3O3/c1-18-12(6-7-16-18)17-14(21)10-8-9(2-4-11(10)15)3-5-13(19)20/h2-8H,1H3,(H,17,21)(H,19,20). The van der Waals surface area contributed by atoms with Gasteiger partial charge in [0.1, 0.15) is 11.6 Å².